The molecule has 384 valence electrons. The summed E-state index contributed by atoms with van der Waals surface area (Å²) in [4.78, 5) is 70.5. The maximum Gasteiger partial charge on any atom is 0.328 e. The summed E-state index contributed by atoms with van der Waals surface area (Å²) in [6.45, 7) is 12.4. The molecule has 16 nitrogen and oxygen atoms in total. The third kappa shape index (κ3) is 16.1. The van der Waals surface area contributed by atoms with Crippen LogP contribution in [0.4, 0.5) is 0 Å². The minimum atomic E-state index is -2.68. The zero-order chi connectivity index (χ0) is 50.5. The lowest BCUT2D eigenvalue weighted by atomic mass is 9.78. The zero-order valence-electron chi connectivity index (χ0n) is 41.9. The number of carbonyl (C=O) groups is 5. The summed E-state index contributed by atoms with van der Waals surface area (Å²) in [6, 6.07) is -2.12. The van der Waals surface area contributed by atoms with E-state index < -0.39 is 89.0 Å². The number of ketones is 3. The number of methoxy groups -OCH3 is 2. The van der Waals surface area contributed by atoms with E-state index in [0.29, 0.717) is 42.7 Å². The van der Waals surface area contributed by atoms with Gasteiger partial charge >= 0.3 is 5.97 Å². The molecule has 2 saturated carbocycles. The van der Waals surface area contributed by atoms with E-state index in [4.69, 9.17) is 23.7 Å². The molecule has 2 bridgehead atoms. The minimum absolute atomic E-state index is 0.0161. The molecular formula is C51H79N2O14S-. The Labute approximate surface area is 406 Å². The Morgan fingerprint density at radius 3 is 2.25 bits per heavy atom. The number of rotatable bonds is 10. The third-order valence-corrected chi connectivity index (χ3v) is 15.1. The molecule has 0 aromatic carbocycles. The topological polar surface area (TPSA) is 227 Å². The smallest absolute Gasteiger partial charge is 0.328 e. The van der Waals surface area contributed by atoms with Gasteiger partial charge in [0.2, 0.25) is 5.79 Å². The third-order valence-electron chi connectivity index (χ3n) is 14.7. The van der Waals surface area contributed by atoms with Crippen molar-refractivity contribution < 1.29 is 66.6 Å². The molecule has 68 heavy (non-hydrogen) atoms. The number of fused-ring (bicyclic) bond motifs is 2. The fourth-order valence-corrected chi connectivity index (χ4v) is 9.98. The van der Waals surface area contributed by atoms with E-state index in [0.717, 1.165) is 30.8 Å². The summed E-state index contributed by atoms with van der Waals surface area (Å²) in [6.07, 6.45) is 12.8. The van der Waals surface area contributed by atoms with Crippen LogP contribution in [0, 0.1) is 35.5 Å². The average Bonchev–Trinajstić information content (AvgIpc) is 4.14. The van der Waals surface area contributed by atoms with E-state index in [2.05, 4.69) is 4.72 Å². The SMILES string of the molecule is COC1C(=O)C(C)CC\C=C/C=C\C=C(\C)C(NS(=O)[O-])C[C@H]2CC[C@H](C)[C@](O)(O2)C(=O)C(=O)N(C)C(C)C(=O)OC([C@H](C)C[C@@H]2CC[C@@H](OCC3CC3)[C@H](OC)C2)CC(=O)C(C)/C=C(/C)C1O. The fourth-order valence-electron chi connectivity index (χ4n) is 9.46. The van der Waals surface area contributed by atoms with Gasteiger partial charge in [-0.2, -0.15) is 0 Å². The lowest BCUT2D eigenvalue weighted by molar-refractivity contribution is -0.263. The van der Waals surface area contributed by atoms with E-state index >= 15 is 0 Å². The molecule has 2 aliphatic carbocycles. The number of cyclic esters (lactones) is 1. The maximum atomic E-state index is 14.1. The molecule has 1 amide bonds. The number of hydrogen-bond donors (Lipinski definition) is 3. The highest BCUT2D eigenvalue weighted by atomic mass is 32.2. The highest BCUT2D eigenvalue weighted by Crippen LogP contribution is 2.38. The lowest BCUT2D eigenvalue weighted by Crippen LogP contribution is -2.59. The molecule has 8 unspecified atom stereocenters. The first-order chi connectivity index (χ1) is 32.1. The quantitative estimate of drug-likeness (QED) is 0.105. The maximum absolute atomic E-state index is 14.1. The molecular weight excluding hydrogens is 897 g/mol. The van der Waals surface area contributed by atoms with Crippen molar-refractivity contribution in [3.05, 3.63) is 47.6 Å². The van der Waals surface area contributed by atoms with E-state index in [1.807, 2.05) is 13.0 Å². The first-order valence-corrected chi connectivity index (χ1v) is 25.6. The Morgan fingerprint density at radius 1 is 0.912 bits per heavy atom. The summed E-state index contributed by atoms with van der Waals surface area (Å²) in [5, 5.41) is 23.2. The first kappa shape index (κ1) is 57.3. The molecule has 4 aliphatic rings. The average molecular weight is 976 g/mol. The van der Waals surface area contributed by atoms with E-state index in [-0.39, 0.29) is 54.9 Å². The van der Waals surface area contributed by atoms with E-state index in [1.54, 1.807) is 72.1 Å². The summed E-state index contributed by atoms with van der Waals surface area (Å²) in [5.74, 6) is -8.11. The van der Waals surface area contributed by atoms with Crippen molar-refractivity contribution in [1.82, 2.24) is 9.62 Å². The number of likely N-dealkylation sites (N-methyl/N-ethyl adjacent to an activating group) is 1. The van der Waals surface area contributed by atoms with Crippen LogP contribution < -0.4 is 4.72 Å². The van der Waals surface area contributed by atoms with Crippen molar-refractivity contribution in [1.29, 1.82) is 0 Å². The summed E-state index contributed by atoms with van der Waals surface area (Å²) in [7, 11) is 4.28. The molecule has 2 aliphatic heterocycles. The number of aliphatic hydroxyl groups excluding tert-OH is 1. The van der Waals surface area contributed by atoms with Gasteiger partial charge in [-0.25, -0.2) is 9.52 Å². The number of allylic oxidation sites excluding steroid dienone is 6. The molecule has 15 atom stereocenters. The molecule has 3 fully saturated rings. The van der Waals surface area contributed by atoms with Gasteiger partial charge in [0.15, 0.2) is 5.78 Å². The first-order valence-electron chi connectivity index (χ1n) is 24.5. The van der Waals surface area contributed by atoms with Crippen LogP contribution in [0.1, 0.15) is 126 Å². The Bertz CT molecular complexity index is 1880. The molecule has 4 rings (SSSR count). The number of ether oxygens (including phenoxy) is 5. The van der Waals surface area contributed by atoms with Gasteiger partial charge < -0.3 is 43.4 Å². The van der Waals surface area contributed by atoms with Crippen LogP contribution in [0.3, 0.4) is 0 Å². The van der Waals surface area contributed by atoms with Gasteiger partial charge in [-0.3, -0.25) is 23.4 Å². The predicted octanol–water partition coefficient (Wildman–Crippen LogP) is 5.57. The van der Waals surface area contributed by atoms with Crippen LogP contribution in [0.2, 0.25) is 0 Å². The highest BCUT2D eigenvalue weighted by molar-refractivity contribution is 7.77. The molecule has 0 radical (unpaired) electrons. The van der Waals surface area contributed by atoms with Gasteiger partial charge in [0, 0.05) is 69.4 Å². The number of nitrogens with zero attached hydrogens (tertiary/aromatic N) is 1. The van der Waals surface area contributed by atoms with Gasteiger partial charge in [0.1, 0.15) is 30.1 Å². The number of carbonyl (C=O) groups excluding carboxylic acids is 5. The van der Waals surface area contributed by atoms with Crippen LogP contribution in [0.15, 0.2) is 47.6 Å². The molecule has 0 spiro atoms. The van der Waals surface area contributed by atoms with Crippen molar-refractivity contribution in [2.45, 2.75) is 180 Å². The summed E-state index contributed by atoms with van der Waals surface area (Å²) in [5.41, 5.74) is 0.977. The second-order valence-corrected chi connectivity index (χ2v) is 20.7. The number of hydrogen-bond acceptors (Lipinski definition) is 14. The van der Waals surface area contributed by atoms with Gasteiger partial charge in [0.05, 0.1) is 18.3 Å². The Hall–Kier alpha value is -3.26. The molecule has 0 aromatic rings. The Balaban J connectivity index is 1.64. The van der Waals surface area contributed by atoms with Crippen LogP contribution in [0.5, 0.6) is 0 Å². The lowest BCUT2D eigenvalue weighted by Gasteiger charge is -2.42. The molecule has 2 heterocycles. The van der Waals surface area contributed by atoms with Crippen molar-refractivity contribution in [2.75, 3.05) is 27.9 Å². The normalized spacial score (nSPS) is 38.7. The van der Waals surface area contributed by atoms with Crippen molar-refractivity contribution in [3.8, 4) is 0 Å². The molecule has 3 N–H and O–H groups in total. The van der Waals surface area contributed by atoms with Crippen molar-refractivity contribution >= 4 is 40.5 Å². The summed E-state index contributed by atoms with van der Waals surface area (Å²) < 4.78 is 56.0. The van der Waals surface area contributed by atoms with Crippen molar-refractivity contribution in [2.24, 2.45) is 35.5 Å². The van der Waals surface area contributed by atoms with Crippen LogP contribution in [-0.2, 0) is 58.9 Å². The number of aliphatic hydroxyl groups is 2. The van der Waals surface area contributed by atoms with Gasteiger partial charge in [-0.1, -0.05) is 69.7 Å². The largest absolute Gasteiger partial charge is 0.760 e. The molecule has 0 aromatic heterocycles. The van der Waals surface area contributed by atoms with Crippen LogP contribution in [0.25, 0.3) is 0 Å². The summed E-state index contributed by atoms with van der Waals surface area (Å²) >= 11 is -2.68. The van der Waals surface area contributed by atoms with E-state index in [1.165, 1.54) is 33.9 Å². The molecule has 1 saturated heterocycles. The number of esters is 1. The number of Topliss-reactive ketones (excluding diaryl/α,β-unsaturated/α-hetero) is 3. The Morgan fingerprint density at radius 2 is 1.60 bits per heavy atom. The van der Waals surface area contributed by atoms with Gasteiger partial charge in [-0.05, 0) is 115 Å². The minimum Gasteiger partial charge on any atom is -0.760 e. The van der Waals surface area contributed by atoms with Crippen LogP contribution >= 0.6 is 0 Å². The predicted molar refractivity (Wildman–Crippen MR) is 255 cm³/mol. The van der Waals surface area contributed by atoms with E-state index in [9.17, 15) is 42.9 Å². The highest BCUT2D eigenvalue weighted by Gasteiger charge is 2.52. The second kappa shape index (κ2) is 26.8. The van der Waals surface area contributed by atoms with Gasteiger partial charge in [0.25, 0.3) is 11.7 Å². The second-order valence-electron chi connectivity index (χ2n) is 20.0. The fraction of sp³-hybridized carbons (Fsp3) is 0.745. The number of amides is 1. The number of nitrogens with one attached hydrogen (secondary N) is 1. The zero-order valence-corrected chi connectivity index (χ0v) is 42.7. The van der Waals surface area contributed by atoms with Crippen molar-refractivity contribution in [3.63, 3.8) is 0 Å². The molecule has 17 heteroatoms. The standard InChI is InChI=1S/C51H80N2O14S/c1-30-16-14-12-11-13-15-17-31(2)45(55)47(64-10)46(56)34(5)24-32(3)41(54)28-43(33(4)25-38-21-23-42(44(26-38)63-9)65-29-37-19-20-37)66-50(59)36(7)53(8)49(58)48(57)51(60)35(6)18-22-39(67-51)27-40(30)52-68(61)62/h11-14,16,24,31-33,35-40,42-44,46-47,52,56,60H,15,17-23,25-29H2,1-10H3,(H,61,62)/p-1/b13-11-,14-12-,30-16-,34-24-/t31?,32?,33-,35+,36?,38+,39-,40?,42-,43?,44-,46?,47?,51+/m1/s1. The Kier molecular flexibility index (Phi) is 22.6. The van der Waals surface area contributed by atoms with Gasteiger partial charge in [-0.15, -0.1) is 0 Å². The van der Waals surface area contributed by atoms with Crippen LogP contribution in [-0.4, -0.2) is 135 Å². The monoisotopic (exact) mass is 976 g/mol.